The molecule has 0 aliphatic heterocycles. The molecule has 2 nitrogen and oxygen atoms in total. The van der Waals surface area contributed by atoms with Crippen LogP contribution in [0, 0.1) is 5.92 Å². The third kappa shape index (κ3) is 2.81. The SMILES string of the molecule is COC1(CC(=O)C(C)C)CCCCC1. The van der Waals surface area contributed by atoms with Crippen LogP contribution in [0.15, 0.2) is 0 Å². The smallest absolute Gasteiger partial charge is 0.138 e. The predicted octanol–water partition coefficient (Wildman–Crippen LogP) is 2.95. The van der Waals surface area contributed by atoms with E-state index in [0.29, 0.717) is 12.2 Å². The van der Waals surface area contributed by atoms with Crippen LogP contribution >= 0.6 is 0 Å². The van der Waals surface area contributed by atoms with E-state index in [-0.39, 0.29) is 11.5 Å². The van der Waals surface area contributed by atoms with E-state index in [0.717, 1.165) is 12.8 Å². The molecule has 0 saturated heterocycles. The minimum Gasteiger partial charge on any atom is -0.378 e. The molecular formula is C12H22O2. The lowest BCUT2D eigenvalue weighted by Gasteiger charge is -2.35. The highest BCUT2D eigenvalue weighted by molar-refractivity contribution is 5.81. The molecule has 1 rings (SSSR count). The van der Waals surface area contributed by atoms with Gasteiger partial charge in [0.25, 0.3) is 0 Å². The van der Waals surface area contributed by atoms with E-state index in [1.165, 1.54) is 19.3 Å². The fourth-order valence-corrected chi connectivity index (χ4v) is 2.17. The van der Waals surface area contributed by atoms with Crippen LogP contribution < -0.4 is 0 Å². The molecule has 0 bridgehead atoms. The molecule has 1 fully saturated rings. The molecule has 1 aliphatic carbocycles. The Hall–Kier alpha value is -0.370. The summed E-state index contributed by atoms with van der Waals surface area (Å²) in [4.78, 5) is 11.7. The lowest BCUT2D eigenvalue weighted by Crippen LogP contribution is -2.37. The van der Waals surface area contributed by atoms with Crippen LogP contribution in [-0.2, 0) is 9.53 Å². The normalized spacial score (nSPS) is 21.1. The molecule has 0 spiro atoms. The first-order valence-corrected chi connectivity index (χ1v) is 5.67. The van der Waals surface area contributed by atoms with Crippen LogP contribution in [0.2, 0.25) is 0 Å². The Labute approximate surface area is 87.0 Å². The molecule has 0 aromatic carbocycles. The van der Waals surface area contributed by atoms with E-state index in [1.807, 2.05) is 13.8 Å². The zero-order valence-electron chi connectivity index (χ0n) is 9.64. The molecule has 0 atom stereocenters. The van der Waals surface area contributed by atoms with Gasteiger partial charge in [-0.1, -0.05) is 33.1 Å². The average Bonchev–Trinajstić information content (AvgIpc) is 2.19. The first kappa shape index (κ1) is 11.7. The van der Waals surface area contributed by atoms with Crippen molar-refractivity contribution in [2.45, 2.75) is 58.0 Å². The quantitative estimate of drug-likeness (QED) is 0.694. The number of rotatable bonds is 4. The Balaban J connectivity index is 2.56. The minimum absolute atomic E-state index is 0.125. The summed E-state index contributed by atoms with van der Waals surface area (Å²) < 4.78 is 5.58. The Bertz CT molecular complexity index is 190. The highest BCUT2D eigenvalue weighted by Gasteiger charge is 2.34. The number of hydrogen-bond donors (Lipinski definition) is 0. The van der Waals surface area contributed by atoms with E-state index in [1.54, 1.807) is 7.11 Å². The van der Waals surface area contributed by atoms with Gasteiger partial charge in [-0.05, 0) is 12.8 Å². The topological polar surface area (TPSA) is 26.3 Å². The summed E-state index contributed by atoms with van der Waals surface area (Å²) in [6, 6.07) is 0. The van der Waals surface area contributed by atoms with Gasteiger partial charge in [0.1, 0.15) is 5.78 Å². The maximum absolute atomic E-state index is 11.7. The van der Waals surface area contributed by atoms with Gasteiger partial charge in [0.05, 0.1) is 5.60 Å². The lowest BCUT2D eigenvalue weighted by molar-refractivity contribution is -0.130. The standard InChI is InChI=1S/C12H22O2/c1-10(2)11(13)9-12(14-3)7-5-4-6-8-12/h10H,4-9H2,1-3H3. The van der Waals surface area contributed by atoms with Gasteiger partial charge in [-0.15, -0.1) is 0 Å². The number of carbonyl (C=O) groups is 1. The van der Waals surface area contributed by atoms with Crippen LogP contribution in [0.4, 0.5) is 0 Å². The summed E-state index contributed by atoms with van der Waals surface area (Å²) in [5.41, 5.74) is -0.125. The van der Waals surface area contributed by atoms with Gasteiger partial charge in [-0.3, -0.25) is 4.79 Å². The van der Waals surface area contributed by atoms with Crippen LogP contribution in [0.1, 0.15) is 52.4 Å². The highest BCUT2D eigenvalue weighted by Crippen LogP contribution is 2.34. The average molecular weight is 198 g/mol. The van der Waals surface area contributed by atoms with Gasteiger partial charge < -0.3 is 4.74 Å². The van der Waals surface area contributed by atoms with Gasteiger partial charge in [-0.2, -0.15) is 0 Å². The van der Waals surface area contributed by atoms with Gasteiger partial charge >= 0.3 is 0 Å². The second-order valence-electron chi connectivity index (χ2n) is 4.75. The van der Waals surface area contributed by atoms with Crippen LogP contribution in [0.25, 0.3) is 0 Å². The summed E-state index contributed by atoms with van der Waals surface area (Å²) in [7, 11) is 1.75. The molecule has 0 N–H and O–H groups in total. The highest BCUT2D eigenvalue weighted by atomic mass is 16.5. The Kier molecular flexibility index (Phi) is 4.11. The van der Waals surface area contributed by atoms with E-state index in [2.05, 4.69) is 0 Å². The second kappa shape index (κ2) is 4.92. The Morgan fingerprint density at radius 1 is 1.29 bits per heavy atom. The summed E-state index contributed by atoms with van der Waals surface area (Å²) in [5.74, 6) is 0.484. The van der Waals surface area contributed by atoms with Gasteiger partial charge in [0, 0.05) is 19.4 Å². The maximum Gasteiger partial charge on any atom is 0.138 e. The Morgan fingerprint density at radius 3 is 2.29 bits per heavy atom. The summed E-state index contributed by atoms with van der Waals surface area (Å²) in [6.07, 6.45) is 6.44. The molecule has 1 aliphatic rings. The number of methoxy groups -OCH3 is 1. The molecule has 0 heterocycles. The Morgan fingerprint density at radius 2 is 1.86 bits per heavy atom. The lowest BCUT2D eigenvalue weighted by atomic mass is 9.79. The number of carbonyl (C=O) groups excluding carboxylic acids is 1. The van der Waals surface area contributed by atoms with Crippen molar-refractivity contribution in [1.82, 2.24) is 0 Å². The van der Waals surface area contributed by atoms with E-state index in [9.17, 15) is 4.79 Å². The van der Waals surface area contributed by atoms with Crippen molar-refractivity contribution in [2.24, 2.45) is 5.92 Å². The monoisotopic (exact) mass is 198 g/mol. The number of ketones is 1. The van der Waals surface area contributed by atoms with Crippen molar-refractivity contribution < 1.29 is 9.53 Å². The zero-order valence-corrected chi connectivity index (χ0v) is 9.64. The van der Waals surface area contributed by atoms with Crippen LogP contribution in [0.5, 0.6) is 0 Å². The van der Waals surface area contributed by atoms with E-state index < -0.39 is 0 Å². The molecule has 0 unspecified atom stereocenters. The third-order valence-corrected chi connectivity index (χ3v) is 3.34. The van der Waals surface area contributed by atoms with Gasteiger partial charge in [0.15, 0.2) is 0 Å². The molecular weight excluding hydrogens is 176 g/mol. The first-order valence-electron chi connectivity index (χ1n) is 5.67. The van der Waals surface area contributed by atoms with Crippen molar-refractivity contribution in [3.63, 3.8) is 0 Å². The second-order valence-corrected chi connectivity index (χ2v) is 4.75. The molecule has 0 aromatic rings. The van der Waals surface area contributed by atoms with Crippen LogP contribution in [-0.4, -0.2) is 18.5 Å². The fraction of sp³-hybridized carbons (Fsp3) is 0.917. The minimum atomic E-state index is -0.125. The largest absolute Gasteiger partial charge is 0.378 e. The van der Waals surface area contributed by atoms with Gasteiger partial charge in [0.2, 0.25) is 0 Å². The summed E-state index contributed by atoms with van der Waals surface area (Å²) in [5, 5.41) is 0. The van der Waals surface area contributed by atoms with Crippen molar-refractivity contribution in [2.75, 3.05) is 7.11 Å². The first-order chi connectivity index (χ1) is 6.59. The molecule has 1 saturated carbocycles. The zero-order chi connectivity index (χ0) is 10.6. The maximum atomic E-state index is 11.7. The van der Waals surface area contributed by atoms with Crippen molar-refractivity contribution in [3.05, 3.63) is 0 Å². The molecule has 0 radical (unpaired) electrons. The molecule has 0 aromatic heterocycles. The molecule has 2 heteroatoms. The summed E-state index contributed by atoms with van der Waals surface area (Å²) in [6.45, 7) is 3.93. The molecule has 82 valence electrons. The third-order valence-electron chi connectivity index (χ3n) is 3.34. The van der Waals surface area contributed by atoms with Gasteiger partial charge in [-0.25, -0.2) is 0 Å². The van der Waals surface area contributed by atoms with Crippen molar-refractivity contribution >= 4 is 5.78 Å². The number of Topliss-reactive ketones (excluding diaryl/α,β-unsaturated/α-hetero) is 1. The van der Waals surface area contributed by atoms with E-state index >= 15 is 0 Å². The van der Waals surface area contributed by atoms with Crippen molar-refractivity contribution in [3.8, 4) is 0 Å². The fourth-order valence-electron chi connectivity index (χ4n) is 2.17. The predicted molar refractivity (Wildman–Crippen MR) is 57.3 cm³/mol. The van der Waals surface area contributed by atoms with Crippen LogP contribution in [0.3, 0.4) is 0 Å². The molecule has 14 heavy (non-hydrogen) atoms. The van der Waals surface area contributed by atoms with Crippen molar-refractivity contribution in [1.29, 1.82) is 0 Å². The number of hydrogen-bond acceptors (Lipinski definition) is 2. The molecule has 0 amide bonds. The summed E-state index contributed by atoms with van der Waals surface area (Å²) >= 11 is 0. The van der Waals surface area contributed by atoms with E-state index in [4.69, 9.17) is 4.74 Å². The number of ether oxygens (including phenoxy) is 1.